The molecule has 0 aromatic heterocycles. The standard InChI is InChI=1S/C24H40N4O2S/c1-20(2)18-23(19-27-14-12-26(4)13-15-27)25-24(30)28(16-17-31-21(3)29)11-10-22-8-6-5-7-9-22/h5-9,20,23H,10-19H2,1-4H3,(H,25,30). The van der Waals surface area contributed by atoms with Gasteiger partial charge in [0.1, 0.15) is 0 Å². The van der Waals surface area contributed by atoms with Gasteiger partial charge in [-0.2, -0.15) is 0 Å². The highest BCUT2D eigenvalue weighted by Gasteiger charge is 2.23. The van der Waals surface area contributed by atoms with Gasteiger partial charge >= 0.3 is 6.03 Å². The van der Waals surface area contributed by atoms with Gasteiger partial charge in [0.2, 0.25) is 0 Å². The number of hydrogen-bond donors (Lipinski definition) is 1. The first-order valence-corrected chi connectivity index (χ1v) is 12.5. The molecule has 0 spiro atoms. The molecular weight excluding hydrogens is 408 g/mol. The molecule has 0 radical (unpaired) electrons. The number of nitrogens with zero attached hydrogens (tertiary/aromatic N) is 3. The van der Waals surface area contributed by atoms with Crippen LogP contribution < -0.4 is 5.32 Å². The zero-order valence-corrected chi connectivity index (χ0v) is 20.5. The van der Waals surface area contributed by atoms with E-state index in [1.165, 1.54) is 17.3 Å². The molecule has 0 saturated carbocycles. The largest absolute Gasteiger partial charge is 0.334 e. The summed E-state index contributed by atoms with van der Waals surface area (Å²) in [5.74, 6) is 1.15. The number of rotatable bonds is 11. The van der Waals surface area contributed by atoms with Crippen molar-refractivity contribution < 1.29 is 9.59 Å². The van der Waals surface area contributed by atoms with E-state index in [0.717, 1.165) is 45.6 Å². The summed E-state index contributed by atoms with van der Waals surface area (Å²) in [6, 6.07) is 10.4. The smallest absolute Gasteiger partial charge is 0.317 e. The minimum Gasteiger partial charge on any atom is -0.334 e. The summed E-state index contributed by atoms with van der Waals surface area (Å²) in [4.78, 5) is 31.3. The van der Waals surface area contributed by atoms with Gasteiger partial charge in [-0.25, -0.2) is 4.79 Å². The number of piperazine rings is 1. The third kappa shape index (κ3) is 10.5. The Morgan fingerprint density at radius 3 is 2.39 bits per heavy atom. The summed E-state index contributed by atoms with van der Waals surface area (Å²) < 4.78 is 0. The van der Waals surface area contributed by atoms with Crippen LogP contribution in [0.25, 0.3) is 0 Å². The number of carbonyl (C=O) groups excluding carboxylic acids is 2. The van der Waals surface area contributed by atoms with Gasteiger partial charge < -0.3 is 15.1 Å². The number of benzene rings is 1. The lowest BCUT2D eigenvalue weighted by Gasteiger charge is -2.36. The summed E-state index contributed by atoms with van der Waals surface area (Å²) in [5.41, 5.74) is 1.22. The SMILES string of the molecule is CC(=O)SCCN(CCc1ccccc1)C(=O)NC(CC(C)C)CN1CCN(C)CC1. The molecule has 1 N–H and O–H groups in total. The normalized spacial score (nSPS) is 16.3. The first-order valence-electron chi connectivity index (χ1n) is 11.5. The van der Waals surface area contributed by atoms with Crippen LogP contribution in [0.4, 0.5) is 4.79 Å². The molecular formula is C24H40N4O2S. The Labute approximate surface area is 192 Å². The van der Waals surface area contributed by atoms with Gasteiger partial charge in [0.25, 0.3) is 0 Å². The van der Waals surface area contributed by atoms with Crippen LogP contribution in [0.3, 0.4) is 0 Å². The Bertz CT molecular complexity index is 663. The van der Waals surface area contributed by atoms with Crippen molar-refractivity contribution in [2.45, 2.75) is 39.7 Å². The average molecular weight is 449 g/mol. The molecule has 0 aliphatic carbocycles. The fourth-order valence-corrected chi connectivity index (χ4v) is 4.48. The summed E-state index contributed by atoms with van der Waals surface area (Å²) >= 11 is 1.28. The molecule has 2 amide bonds. The maximum Gasteiger partial charge on any atom is 0.317 e. The van der Waals surface area contributed by atoms with E-state index in [-0.39, 0.29) is 17.2 Å². The molecule has 1 aromatic carbocycles. The van der Waals surface area contributed by atoms with Crippen molar-refractivity contribution in [3.63, 3.8) is 0 Å². The molecule has 1 aliphatic heterocycles. The number of likely N-dealkylation sites (N-methyl/N-ethyl adjacent to an activating group) is 1. The molecule has 1 aliphatic rings. The van der Waals surface area contributed by atoms with E-state index in [2.05, 4.69) is 48.1 Å². The van der Waals surface area contributed by atoms with Crippen LogP contribution in [0.5, 0.6) is 0 Å². The number of amides is 2. The Balaban J connectivity index is 1.97. The van der Waals surface area contributed by atoms with Gasteiger partial charge in [0.15, 0.2) is 5.12 Å². The molecule has 1 fully saturated rings. The van der Waals surface area contributed by atoms with Crippen molar-refractivity contribution in [3.05, 3.63) is 35.9 Å². The molecule has 6 nitrogen and oxygen atoms in total. The predicted octanol–water partition coefficient (Wildman–Crippen LogP) is 3.18. The quantitative estimate of drug-likeness (QED) is 0.563. The highest BCUT2D eigenvalue weighted by molar-refractivity contribution is 8.13. The second-order valence-electron chi connectivity index (χ2n) is 8.94. The highest BCUT2D eigenvalue weighted by Crippen LogP contribution is 2.11. The Morgan fingerprint density at radius 1 is 1.10 bits per heavy atom. The molecule has 1 unspecified atom stereocenters. The van der Waals surface area contributed by atoms with E-state index in [1.807, 2.05) is 23.1 Å². The van der Waals surface area contributed by atoms with Crippen LogP contribution in [-0.4, -0.2) is 90.5 Å². The highest BCUT2D eigenvalue weighted by atomic mass is 32.2. The number of urea groups is 1. The molecule has 2 rings (SSSR count). The molecule has 31 heavy (non-hydrogen) atoms. The number of thioether (sulfide) groups is 1. The lowest BCUT2D eigenvalue weighted by atomic mass is 10.0. The number of nitrogens with one attached hydrogen (secondary N) is 1. The van der Waals surface area contributed by atoms with E-state index in [1.54, 1.807) is 6.92 Å². The average Bonchev–Trinajstić information content (AvgIpc) is 2.72. The molecule has 1 heterocycles. The lowest BCUT2D eigenvalue weighted by molar-refractivity contribution is -0.109. The monoisotopic (exact) mass is 448 g/mol. The van der Waals surface area contributed by atoms with Crippen molar-refractivity contribution in [1.82, 2.24) is 20.0 Å². The predicted molar refractivity (Wildman–Crippen MR) is 131 cm³/mol. The van der Waals surface area contributed by atoms with E-state index < -0.39 is 0 Å². The second-order valence-corrected chi connectivity index (χ2v) is 10.2. The van der Waals surface area contributed by atoms with Crippen molar-refractivity contribution >= 4 is 22.9 Å². The minimum absolute atomic E-state index is 0.0140. The molecule has 174 valence electrons. The zero-order valence-electron chi connectivity index (χ0n) is 19.7. The van der Waals surface area contributed by atoms with Gasteiger partial charge in [-0.05, 0) is 31.4 Å². The van der Waals surface area contributed by atoms with Gasteiger partial charge in [-0.3, -0.25) is 9.69 Å². The van der Waals surface area contributed by atoms with Gasteiger partial charge in [0.05, 0.1) is 0 Å². The van der Waals surface area contributed by atoms with Crippen LogP contribution >= 0.6 is 11.8 Å². The molecule has 1 atom stereocenters. The van der Waals surface area contributed by atoms with Crippen molar-refractivity contribution in [3.8, 4) is 0 Å². The van der Waals surface area contributed by atoms with E-state index in [9.17, 15) is 9.59 Å². The Morgan fingerprint density at radius 2 is 1.77 bits per heavy atom. The summed E-state index contributed by atoms with van der Waals surface area (Å²) in [5, 5.41) is 3.41. The van der Waals surface area contributed by atoms with Crippen LogP contribution in [0.2, 0.25) is 0 Å². The van der Waals surface area contributed by atoms with Crippen LogP contribution in [0.15, 0.2) is 30.3 Å². The Hall–Kier alpha value is -1.57. The fraction of sp³-hybridized carbons (Fsp3) is 0.667. The molecule has 1 aromatic rings. The first kappa shape index (κ1) is 25.7. The Kier molecular flexibility index (Phi) is 11.4. The third-order valence-corrected chi connectivity index (χ3v) is 6.42. The first-order chi connectivity index (χ1) is 14.8. The van der Waals surface area contributed by atoms with E-state index >= 15 is 0 Å². The zero-order chi connectivity index (χ0) is 22.6. The summed E-state index contributed by atoms with van der Waals surface area (Å²) in [6.07, 6.45) is 1.78. The third-order valence-electron chi connectivity index (χ3n) is 5.62. The van der Waals surface area contributed by atoms with E-state index in [4.69, 9.17) is 0 Å². The van der Waals surface area contributed by atoms with Crippen LogP contribution in [0, 0.1) is 5.92 Å². The topological polar surface area (TPSA) is 55.9 Å². The summed E-state index contributed by atoms with van der Waals surface area (Å²) in [7, 11) is 2.16. The number of carbonyl (C=O) groups is 2. The summed E-state index contributed by atoms with van der Waals surface area (Å²) in [6.45, 7) is 12.4. The molecule has 1 saturated heterocycles. The fourth-order valence-electron chi connectivity index (χ4n) is 3.88. The van der Waals surface area contributed by atoms with Gasteiger partial charge in [-0.1, -0.05) is 55.9 Å². The lowest BCUT2D eigenvalue weighted by Crippen LogP contribution is -2.53. The molecule has 0 bridgehead atoms. The van der Waals surface area contributed by atoms with Gasteiger partial charge in [0, 0.05) is 64.5 Å². The minimum atomic E-state index is -0.0140. The number of hydrogen-bond acceptors (Lipinski definition) is 5. The van der Waals surface area contributed by atoms with Crippen molar-refractivity contribution in [2.24, 2.45) is 5.92 Å². The van der Waals surface area contributed by atoms with Crippen molar-refractivity contribution in [1.29, 1.82) is 0 Å². The van der Waals surface area contributed by atoms with Crippen LogP contribution in [0.1, 0.15) is 32.8 Å². The second kappa shape index (κ2) is 13.8. The molecule has 7 heteroatoms. The van der Waals surface area contributed by atoms with Gasteiger partial charge in [-0.15, -0.1) is 0 Å². The van der Waals surface area contributed by atoms with Crippen molar-refractivity contribution in [2.75, 3.05) is 58.6 Å². The van der Waals surface area contributed by atoms with Crippen LogP contribution in [-0.2, 0) is 11.2 Å². The maximum atomic E-state index is 13.2. The maximum absolute atomic E-state index is 13.2. The van der Waals surface area contributed by atoms with E-state index in [0.29, 0.717) is 24.8 Å².